The molecule has 2 atom stereocenters. The van der Waals surface area contributed by atoms with Crippen LogP contribution in [0.15, 0.2) is 53.0 Å². The van der Waals surface area contributed by atoms with Crippen molar-refractivity contribution in [1.29, 1.82) is 0 Å². The van der Waals surface area contributed by atoms with Gasteiger partial charge in [0.1, 0.15) is 6.04 Å². The standard InChI is InChI=1S/C19H17BrN2O3/c1-11(13-7-9-14(20)10-8-13)21-17(23)12(2)22-18(24)15-5-3-4-6-16(15)19(22)25/h3-12H,1-2H3,(H,21,23)/t11-,12+/m1/s1. The van der Waals surface area contributed by atoms with Crippen LogP contribution in [0, 0.1) is 0 Å². The van der Waals surface area contributed by atoms with Crippen LogP contribution in [0.25, 0.3) is 0 Å². The summed E-state index contributed by atoms with van der Waals surface area (Å²) >= 11 is 3.37. The molecular weight excluding hydrogens is 384 g/mol. The van der Waals surface area contributed by atoms with E-state index in [0.29, 0.717) is 11.1 Å². The molecule has 128 valence electrons. The lowest BCUT2D eigenvalue weighted by atomic mass is 10.1. The number of amides is 3. The number of carbonyl (C=O) groups is 3. The number of hydrogen-bond acceptors (Lipinski definition) is 3. The molecule has 0 aromatic heterocycles. The molecule has 6 heteroatoms. The maximum atomic E-state index is 12.6. The third-order valence-corrected chi connectivity index (χ3v) is 4.85. The van der Waals surface area contributed by atoms with Gasteiger partial charge in [0.25, 0.3) is 11.8 Å². The fourth-order valence-corrected chi connectivity index (χ4v) is 3.11. The summed E-state index contributed by atoms with van der Waals surface area (Å²) in [6.07, 6.45) is 0. The van der Waals surface area contributed by atoms with Crippen molar-refractivity contribution in [3.8, 4) is 0 Å². The van der Waals surface area contributed by atoms with Crippen LogP contribution >= 0.6 is 15.9 Å². The topological polar surface area (TPSA) is 66.5 Å². The Morgan fingerprint density at radius 2 is 1.48 bits per heavy atom. The SMILES string of the molecule is C[C@@H](NC(=O)[C@H](C)N1C(=O)c2ccccc2C1=O)c1ccc(Br)cc1. The number of fused-ring (bicyclic) bond motifs is 1. The van der Waals surface area contributed by atoms with E-state index < -0.39 is 17.9 Å². The van der Waals surface area contributed by atoms with Crippen LogP contribution in [-0.4, -0.2) is 28.7 Å². The van der Waals surface area contributed by atoms with Crippen molar-refractivity contribution in [2.75, 3.05) is 0 Å². The van der Waals surface area contributed by atoms with Gasteiger partial charge in [-0.05, 0) is 43.7 Å². The Bertz CT molecular complexity index is 813. The van der Waals surface area contributed by atoms with Crippen molar-refractivity contribution in [1.82, 2.24) is 10.2 Å². The molecule has 5 nitrogen and oxygen atoms in total. The van der Waals surface area contributed by atoms with Crippen LogP contribution in [0.2, 0.25) is 0 Å². The van der Waals surface area contributed by atoms with Crippen molar-refractivity contribution in [3.63, 3.8) is 0 Å². The van der Waals surface area contributed by atoms with E-state index in [2.05, 4.69) is 21.2 Å². The average Bonchev–Trinajstić information content (AvgIpc) is 2.86. The smallest absolute Gasteiger partial charge is 0.262 e. The molecule has 3 amide bonds. The summed E-state index contributed by atoms with van der Waals surface area (Å²) in [6, 6.07) is 13.1. The Balaban J connectivity index is 1.74. The zero-order valence-corrected chi connectivity index (χ0v) is 15.4. The van der Waals surface area contributed by atoms with Crippen molar-refractivity contribution in [3.05, 3.63) is 69.7 Å². The zero-order chi connectivity index (χ0) is 18.1. The molecule has 3 rings (SSSR count). The number of nitrogens with one attached hydrogen (secondary N) is 1. The lowest BCUT2D eigenvalue weighted by Crippen LogP contribution is -2.48. The summed E-state index contributed by atoms with van der Waals surface area (Å²) in [5.41, 5.74) is 1.62. The van der Waals surface area contributed by atoms with Gasteiger partial charge in [-0.25, -0.2) is 0 Å². The summed E-state index contributed by atoms with van der Waals surface area (Å²) < 4.78 is 0.953. The van der Waals surface area contributed by atoms with E-state index in [0.717, 1.165) is 14.9 Å². The third kappa shape index (κ3) is 3.22. The number of benzene rings is 2. The molecular formula is C19H17BrN2O3. The van der Waals surface area contributed by atoms with Gasteiger partial charge in [0.2, 0.25) is 5.91 Å². The molecule has 0 bridgehead atoms. The maximum absolute atomic E-state index is 12.6. The first-order valence-corrected chi connectivity index (χ1v) is 8.72. The van der Waals surface area contributed by atoms with Gasteiger partial charge >= 0.3 is 0 Å². The largest absolute Gasteiger partial charge is 0.348 e. The van der Waals surface area contributed by atoms with E-state index in [-0.39, 0.29) is 11.9 Å². The van der Waals surface area contributed by atoms with Crippen LogP contribution in [0.1, 0.15) is 46.2 Å². The van der Waals surface area contributed by atoms with E-state index in [9.17, 15) is 14.4 Å². The fourth-order valence-electron chi connectivity index (χ4n) is 2.85. The Morgan fingerprint density at radius 3 is 2.00 bits per heavy atom. The van der Waals surface area contributed by atoms with E-state index in [4.69, 9.17) is 0 Å². The molecule has 2 aromatic rings. The Hall–Kier alpha value is -2.47. The predicted octanol–water partition coefficient (Wildman–Crippen LogP) is 3.31. The minimum absolute atomic E-state index is 0.238. The number of nitrogens with zero attached hydrogens (tertiary/aromatic N) is 1. The molecule has 1 heterocycles. The van der Waals surface area contributed by atoms with Crippen LogP contribution in [0.3, 0.4) is 0 Å². The van der Waals surface area contributed by atoms with Gasteiger partial charge < -0.3 is 5.32 Å². The summed E-state index contributed by atoms with van der Waals surface area (Å²) in [5.74, 6) is -1.23. The van der Waals surface area contributed by atoms with Crippen LogP contribution in [0.4, 0.5) is 0 Å². The summed E-state index contributed by atoms with van der Waals surface area (Å²) in [4.78, 5) is 38.5. The van der Waals surface area contributed by atoms with Gasteiger partial charge in [0, 0.05) is 4.47 Å². The first kappa shape index (κ1) is 17.4. The molecule has 0 aliphatic carbocycles. The van der Waals surface area contributed by atoms with Crippen molar-refractivity contribution in [2.24, 2.45) is 0 Å². The Labute approximate surface area is 154 Å². The zero-order valence-electron chi connectivity index (χ0n) is 13.8. The second-order valence-corrected chi connectivity index (χ2v) is 6.90. The number of hydrogen-bond donors (Lipinski definition) is 1. The second kappa shape index (κ2) is 6.80. The molecule has 1 aliphatic rings. The highest BCUT2D eigenvalue weighted by molar-refractivity contribution is 9.10. The van der Waals surface area contributed by atoms with Crippen molar-refractivity contribution >= 4 is 33.7 Å². The van der Waals surface area contributed by atoms with Gasteiger partial charge in [-0.1, -0.05) is 40.2 Å². The summed E-state index contributed by atoms with van der Waals surface area (Å²) in [7, 11) is 0. The molecule has 25 heavy (non-hydrogen) atoms. The summed E-state index contributed by atoms with van der Waals surface area (Å²) in [6.45, 7) is 3.42. The van der Waals surface area contributed by atoms with Gasteiger partial charge in [0.15, 0.2) is 0 Å². The van der Waals surface area contributed by atoms with Crippen LogP contribution in [-0.2, 0) is 4.79 Å². The van der Waals surface area contributed by atoms with Crippen molar-refractivity contribution < 1.29 is 14.4 Å². The lowest BCUT2D eigenvalue weighted by molar-refractivity contribution is -0.125. The molecule has 0 fully saturated rings. The first-order valence-electron chi connectivity index (χ1n) is 7.93. The molecule has 0 saturated carbocycles. The van der Waals surface area contributed by atoms with Gasteiger partial charge in [-0.3, -0.25) is 19.3 Å². The minimum atomic E-state index is -0.884. The monoisotopic (exact) mass is 400 g/mol. The highest BCUT2D eigenvalue weighted by Crippen LogP contribution is 2.25. The van der Waals surface area contributed by atoms with Gasteiger partial charge in [-0.15, -0.1) is 0 Å². The predicted molar refractivity (Wildman–Crippen MR) is 97.1 cm³/mol. The maximum Gasteiger partial charge on any atom is 0.262 e. The van der Waals surface area contributed by atoms with Crippen molar-refractivity contribution in [2.45, 2.75) is 25.9 Å². The van der Waals surface area contributed by atoms with E-state index >= 15 is 0 Å². The average molecular weight is 401 g/mol. The Kier molecular flexibility index (Phi) is 4.72. The van der Waals surface area contributed by atoms with E-state index in [1.165, 1.54) is 0 Å². The molecule has 1 N–H and O–H groups in total. The summed E-state index contributed by atoms with van der Waals surface area (Å²) in [5, 5.41) is 2.86. The highest BCUT2D eigenvalue weighted by atomic mass is 79.9. The second-order valence-electron chi connectivity index (χ2n) is 5.98. The van der Waals surface area contributed by atoms with E-state index in [1.807, 2.05) is 31.2 Å². The van der Waals surface area contributed by atoms with Crippen LogP contribution in [0.5, 0.6) is 0 Å². The number of carbonyl (C=O) groups excluding carboxylic acids is 3. The lowest BCUT2D eigenvalue weighted by Gasteiger charge is -2.24. The molecule has 2 aromatic carbocycles. The van der Waals surface area contributed by atoms with Crippen LogP contribution < -0.4 is 5.32 Å². The normalized spacial score (nSPS) is 15.7. The quantitative estimate of drug-likeness (QED) is 0.800. The Morgan fingerprint density at radius 1 is 0.960 bits per heavy atom. The molecule has 0 saturated heterocycles. The first-order chi connectivity index (χ1) is 11.9. The molecule has 0 unspecified atom stereocenters. The van der Waals surface area contributed by atoms with Gasteiger partial charge in [0.05, 0.1) is 17.2 Å². The third-order valence-electron chi connectivity index (χ3n) is 4.32. The fraction of sp³-hybridized carbons (Fsp3) is 0.211. The molecule has 1 aliphatic heterocycles. The number of imide groups is 1. The molecule has 0 spiro atoms. The number of halogens is 1. The van der Waals surface area contributed by atoms with Gasteiger partial charge in [-0.2, -0.15) is 0 Å². The highest BCUT2D eigenvalue weighted by Gasteiger charge is 2.40. The minimum Gasteiger partial charge on any atom is -0.348 e. The van der Waals surface area contributed by atoms with E-state index in [1.54, 1.807) is 31.2 Å². The number of rotatable bonds is 4. The molecule has 0 radical (unpaired) electrons.